The van der Waals surface area contributed by atoms with Crippen LogP contribution in [0.4, 0.5) is 13.2 Å². The highest BCUT2D eigenvalue weighted by molar-refractivity contribution is 6.04. The molecule has 1 aliphatic rings. The van der Waals surface area contributed by atoms with Gasteiger partial charge in [0.15, 0.2) is 6.61 Å². The first kappa shape index (κ1) is 18.9. The van der Waals surface area contributed by atoms with Gasteiger partial charge in [0.05, 0.1) is 12.1 Å². The highest BCUT2D eigenvalue weighted by Gasteiger charge is 2.63. The quantitative estimate of drug-likeness (QED) is 0.888. The van der Waals surface area contributed by atoms with Crippen molar-refractivity contribution in [3.63, 3.8) is 0 Å². The van der Waals surface area contributed by atoms with Crippen molar-refractivity contribution in [1.29, 1.82) is 0 Å². The maximum Gasteiger partial charge on any atom is 0.438 e. The molecule has 8 heteroatoms. The maximum atomic E-state index is 13.6. The van der Waals surface area contributed by atoms with Gasteiger partial charge in [-0.25, -0.2) is 0 Å². The lowest BCUT2D eigenvalue weighted by Crippen LogP contribution is -2.57. The van der Waals surface area contributed by atoms with Gasteiger partial charge in [-0.15, -0.1) is 0 Å². The van der Waals surface area contributed by atoms with E-state index < -0.39 is 30.8 Å². The third kappa shape index (κ3) is 3.66. The number of alkyl halides is 3. The van der Waals surface area contributed by atoms with Gasteiger partial charge in [0.1, 0.15) is 5.75 Å². The van der Waals surface area contributed by atoms with Crippen LogP contribution in [0.2, 0.25) is 0 Å². The van der Waals surface area contributed by atoms with Gasteiger partial charge in [0, 0.05) is 5.56 Å². The van der Waals surface area contributed by atoms with Crippen LogP contribution in [0.25, 0.3) is 0 Å². The van der Waals surface area contributed by atoms with Crippen LogP contribution < -0.4 is 4.74 Å². The number of carbonyl (C=O) groups excluding carboxylic acids is 1. The number of ether oxygens (including phenoxy) is 1. The number of nitrogens with zero attached hydrogens (tertiary/aromatic N) is 2. The van der Waals surface area contributed by atoms with E-state index in [1.165, 1.54) is 0 Å². The summed E-state index contributed by atoms with van der Waals surface area (Å²) < 4.78 is 45.9. The fourth-order valence-corrected chi connectivity index (χ4v) is 2.80. The molecule has 0 radical (unpaired) electrons. The van der Waals surface area contributed by atoms with Gasteiger partial charge < -0.3 is 9.84 Å². The Bertz CT molecular complexity index is 868. The summed E-state index contributed by atoms with van der Waals surface area (Å²) in [4.78, 5) is 12.4. The number of aryl methyl sites for hydroxylation is 1. The van der Waals surface area contributed by atoms with Crippen molar-refractivity contribution in [3.8, 4) is 5.75 Å². The summed E-state index contributed by atoms with van der Waals surface area (Å²) in [7, 11) is 0. The van der Waals surface area contributed by atoms with Gasteiger partial charge in [-0.2, -0.15) is 23.3 Å². The third-order valence-corrected chi connectivity index (χ3v) is 4.24. The molecule has 3 rings (SSSR count). The number of halogens is 3. The topological polar surface area (TPSA) is 62.1 Å². The fourth-order valence-electron chi connectivity index (χ4n) is 2.80. The molecule has 1 N–H and O–H groups in total. The molecule has 5 nitrogen and oxygen atoms in total. The average Bonchev–Trinajstić information content (AvgIpc) is 3.00. The standard InChI is InChI=1S/C19H17F3N2O3/c1-13-7-5-6-10-15(13)16-11-18(26,19(20,21)22)24(23-16)17(25)12-27-14-8-3-2-4-9-14/h2-10,26H,11-12H2,1H3. The van der Waals surface area contributed by atoms with Crippen LogP contribution in [-0.2, 0) is 4.79 Å². The average molecular weight is 378 g/mol. The van der Waals surface area contributed by atoms with Gasteiger partial charge in [-0.05, 0) is 24.6 Å². The lowest BCUT2D eigenvalue weighted by Gasteiger charge is -2.32. The minimum Gasteiger partial charge on any atom is -0.484 e. The van der Waals surface area contributed by atoms with E-state index in [4.69, 9.17) is 4.74 Å². The van der Waals surface area contributed by atoms with E-state index in [0.717, 1.165) is 0 Å². The lowest BCUT2D eigenvalue weighted by molar-refractivity contribution is -0.302. The molecule has 1 unspecified atom stereocenters. The molecule has 0 saturated carbocycles. The summed E-state index contributed by atoms with van der Waals surface area (Å²) >= 11 is 0. The predicted octanol–water partition coefficient (Wildman–Crippen LogP) is 3.26. The summed E-state index contributed by atoms with van der Waals surface area (Å²) in [6.07, 6.45) is -5.93. The fraction of sp³-hybridized carbons (Fsp3) is 0.263. The molecule has 1 atom stereocenters. The first-order chi connectivity index (χ1) is 12.7. The minimum atomic E-state index is -5.08. The molecule has 2 aromatic rings. The molecule has 0 bridgehead atoms. The molecule has 1 amide bonds. The van der Waals surface area contributed by atoms with E-state index in [9.17, 15) is 23.1 Å². The van der Waals surface area contributed by atoms with E-state index in [-0.39, 0.29) is 10.7 Å². The smallest absolute Gasteiger partial charge is 0.438 e. The Morgan fingerprint density at radius 3 is 2.44 bits per heavy atom. The Hall–Kier alpha value is -2.87. The van der Waals surface area contributed by atoms with Gasteiger partial charge in [0.2, 0.25) is 0 Å². The van der Waals surface area contributed by atoms with Crippen LogP contribution in [-0.4, -0.2) is 40.2 Å². The largest absolute Gasteiger partial charge is 0.484 e. The van der Waals surface area contributed by atoms with E-state index in [1.54, 1.807) is 61.5 Å². The molecule has 1 heterocycles. The Kier molecular flexibility index (Phi) is 4.93. The van der Waals surface area contributed by atoms with Crippen LogP contribution >= 0.6 is 0 Å². The second kappa shape index (κ2) is 7.03. The highest BCUT2D eigenvalue weighted by Crippen LogP contribution is 2.41. The first-order valence-corrected chi connectivity index (χ1v) is 8.16. The SMILES string of the molecule is Cc1ccccc1C1=NN(C(=O)COc2ccccc2)C(O)(C(F)(F)F)C1. The Balaban J connectivity index is 1.88. The number of carbonyl (C=O) groups is 1. The van der Waals surface area contributed by atoms with Crippen LogP contribution in [0.15, 0.2) is 59.7 Å². The number of benzene rings is 2. The second-order valence-corrected chi connectivity index (χ2v) is 6.16. The van der Waals surface area contributed by atoms with Crippen molar-refractivity contribution in [1.82, 2.24) is 5.01 Å². The van der Waals surface area contributed by atoms with Crippen LogP contribution in [0.5, 0.6) is 5.75 Å². The van der Waals surface area contributed by atoms with Crippen LogP contribution in [0, 0.1) is 6.92 Å². The van der Waals surface area contributed by atoms with Crippen LogP contribution in [0.1, 0.15) is 17.5 Å². The van der Waals surface area contributed by atoms with Gasteiger partial charge in [-0.3, -0.25) is 4.79 Å². The van der Waals surface area contributed by atoms with E-state index in [2.05, 4.69) is 5.10 Å². The van der Waals surface area contributed by atoms with Gasteiger partial charge in [0.25, 0.3) is 11.6 Å². The summed E-state index contributed by atoms with van der Waals surface area (Å²) in [5.41, 5.74) is -2.29. The Morgan fingerprint density at radius 2 is 1.81 bits per heavy atom. The molecule has 142 valence electrons. The molecular weight excluding hydrogens is 361 g/mol. The zero-order chi connectivity index (χ0) is 19.7. The van der Waals surface area contributed by atoms with E-state index >= 15 is 0 Å². The van der Waals surface area contributed by atoms with Gasteiger partial charge >= 0.3 is 6.18 Å². The van der Waals surface area contributed by atoms with Crippen molar-refractivity contribution in [2.24, 2.45) is 5.10 Å². The second-order valence-electron chi connectivity index (χ2n) is 6.16. The molecule has 2 aromatic carbocycles. The number of hydrogen-bond donors (Lipinski definition) is 1. The number of rotatable bonds is 4. The molecule has 27 heavy (non-hydrogen) atoms. The zero-order valence-corrected chi connectivity index (χ0v) is 14.4. The summed E-state index contributed by atoms with van der Waals surface area (Å²) in [6.45, 7) is 1.03. The molecule has 0 saturated heterocycles. The minimum absolute atomic E-state index is 0.0130. The summed E-state index contributed by atoms with van der Waals surface area (Å²) in [6, 6.07) is 14.9. The van der Waals surface area contributed by atoms with Gasteiger partial charge in [-0.1, -0.05) is 42.5 Å². The zero-order valence-electron chi connectivity index (χ0n) is 14.4. The van der Waals surface area contributed by atoms with E-state index in [1.807, 2.05) is 0 Å². The highest BCUT2D eigenvalue weighted by atomic mass is 19.4. The molecule has 1 aliphatic heterocycles. The third-order valence-electron chi connectivity index (χ3n) is 4.24. The number of hydrogen-bond acceptors (Lipinski definition) is 4. The number of hydrazone groups is 1. The van der Waals surface area contributed by atoms with Crippen molar-refractivity contribution in [3.05, 3.63) is 65.7 Å². The number of para-hydroxylation sites is 1. The monoisotopic (exact) mass is 378 g/mol. The first-order valence-electron chi connectivity index (χ1n) is 8.16. The Labute approximate surface area is 153 Å². The predicted molar refractivity (Wildman–Crippen MR) is 92.1 cm³/mol. The molecule has 0 fully saturated rings. The molecular formula is C19H17F3N2O3. The Morgan fingerprint density at radius 1 is 1.19 bits per heavy atom. The lowest BCUT2D eigenvalue weighted by atomic mass is 9.97. The summed E-state index contributed by atoms with van der Waals surface area (Å²) in [5.74, 6) is -0.772. The van der Waals surface area contributed by atoms with Crippen molar-refractivity contribution in [2.75, 3.05) is 6.61 Å². The number of aliphatic hydroxyl groups is 1. The normalized spacial score (nSPS) is 19.7. The molecule has 0 aromatic heterocycles. The van der Waals surface area contributed by atoms with Crippen molar-refractivity contribution < 1.29 is 27.8 Å². The van der Waals surface area contributed by atoms with Crippen molar-refractivity contribution in [2.45, 2.75) is 25.2 Å². The number of amides is 1. The maximum absolute atomic E-state index is 13.6. The molecule has 0 aliphatic carbocycles. The van der Waals surface area contributed by atoms with Crippen LogP contribution in [0.3, 0.4) is 0 Å². The molecule has 0 spiro atoms. The van der Waals surface area contributed by atoms with Crippen molar-refractivity contribution >= 4 is 11.6 Å². The van der Waals surface area contributed by atoms with E-state index in [0.29, 0.717) is 16.9 Å². The summed E-state index contributed by atoms with van der Waals surface area (Å²) in [5, 5.41) is 14.2.